The molecule has 3 amide bonds. The van der Waals surface area contributed by atoms with Crippen LogP contribution in [0, 0.1) is 12.8 Å². The van der Waals surface area contributed by atoms with Crippen LogP contribution in [0.15, 0.2) is 54.9 Å². The molecule has 0 aliphatic rings. The predicted octanol–water partition coefficient (Wildman–Crippen LogP) is 5.82. The molecule has 8 heteroatoms. The molecule has 0 aliphatic carbocycles. The summed E-state index contributed by atoms with van der Waals surface area (Å²) in [5.41, 5.74) is 2.54. The van der Waals surface area contributed by atoms with E-state index < -0.39 is 11.9 Å². The number of hydrogen-bond acceptors (Lipinski definition) is 5. The zero-order chi connectivity index (χ0) is 26.0. The number of rotatable bonds is 6. The number of amides is 3. The van der Waals surface area contributed by atoms with E-state index in [0.717, 1.165) is 10.9 Å². The van der Waals surface area contributed by atoms with Crippen molar-refractivity contribution in [2.45, 2.75) is 47.1 Å². The summed E-state index contributed by atoms with van der Waals surface area (Å²) >= 11 is 0. The predicted molar refractivity (Wildman–Crippen MR) is 140 cm³/mol. The van der Waals surface area contributed by atoms with Crippen molar-refractivity contribution >= 4 is 39.7 Å². The molecule has 0 atom stereocenters. The first-order chi connectivity index (χ1) is 17.1. The van der Waals surface area contributed by atoms with Gasteiger partial charge >= 0.3 is 6.03 Å². The number of carbonyl (C=O) groups is 3. The number of nitrogens with zero attached hydrogens (tertiary/aromatic N) is 2. The summed E-state index contributed by atoms with van der Waals surface area (Å²) in [5, 5.41) is 6.54. The van der Waals surface area contributed by atoms with E-state index in [0.29, 0.717) is 39.9 Å². The fourth-order valence-corrected chi connectivity index (χ4v) is 4.05. The number of fused-ring (bicyclic) bond motifs is 2. The summed E-state index contributed by atoms with van der Waals surface area (Å²) in [6.45, 7) is 9.47. The first kappa shape index (κ1) is 24.9. The Morgan fingerprint density at radius 1 is 1.03 bits per heavy atom. The Morgan fingerprint density at radius 3 is 2.53 bits per heavy atom. The number of benzene rings is 2. The van der Waals surface area contributed by atoms with Crippen molar-refractivity contribution in [3.8, 4) is 11.5 Å². The molecule has 2 aromatic carbocycles. The Labute approximate surface area is 209 Å². The Morgan fingerprint density at radius 2 is 1.81 bits per heavy atom. The second-order valence-corrected chi connectivity index (χ2v) is 9.58. The molecule has 0 spiro atoms. The molecule has 4 aromatic rings. The summed E-state index contributed by atoms with van der Waals surface area (Å²) < 4.78 is 7.87. The molecule has 0 bridgehead atoms. The average molecular weight is 487 g/mol. The summed E-state index contributed by atoms with van der Waals surface area (Å²) in [7, 11) is 0. The summed E-state index contributed by atoms with van der Waals surface area (Å²) in [4.78, 5) is 41.8. The molecule has 8 nitrogen and oxygen atoms in total. The molecule has 0 aliphatic heterocycles. The highest BCUT2D eigenvalue weighted by Gasteiger charge is 2.17. The van der Waals surface area contributed by atoms with Crippen molar-refractivity contribution in [2.75, 3.05) is 0 Å². The van der Waals surface area contributed by atoms with Crippen LogP contribution in [0.5, 0.6) is 11.5 Å². The second-order valence-electron chi connectivity index (χ2n) is 9.58. The standard InChI is InChI=1S/C28H30N4O4/c1-16(2)12-26(33)32-11-9-19-14-20(6-7-24(19)32)36-25-8-10-29-23-13-18(5)21(15-22(23)25)27(34)31-28(35)30-17(3)4/h6-11,13-17H,12H2,1-5H3,(H2,30,31,34,35). The Bertz CT molecular complexity index is 1470. The molecule has 186 valence electrons. The van der Waals surface area contributed by atoms with E-state index >= 15 is 0 Å². The Balaban J connectivity index is 1.64. The summed E-state index contributed by atoms with van der Waals surface area (Å²) in [6.07, 6.45) is 3.90. The zero-order valence-corrected chi connectivity index (χ0v) is 21.1. The number of aryl methyl sites for hydroxylation is 1. The molecule has 2 aromatic heterocycles. The van der Waals surface area contributed by atoms with Crippen molar-refractivity contribution in [2.24, 2.45) is 5.92 Å². The van der Waals surface area contributed by atoms with E-state index in [2.05, 4.69) is 15.6 Å². The topological polar surface area (TPSA) is 102 Å². The van der Waals surface area contributed by atoms with Crippen LogP contribution in [0.25, 0.3) is 21.8 Å². The van der Waals surface area contributed by atoms with Crippen molar-refractivity contribution in [3.63, 3.8) is 0 Å². The zero-order valence-electron chi connectivity index (χ0n) is 21.1. The minimum absolute atomic E-state index is 0.0528. The average Bonchev–Trinajstić information content (AvgIpc) is 3.21. The molecule has 0 saturated heterocycles. The normalized spacial score (nSPS) is 11.3. The molecule has 0 fully saturated rings. The van der Waals surface area contributed by atoms with E-state index in [-0.39, 0.29) is 17.9 Å². The maximum absolute atomic E-state index is 12.8. The van der Waals surface area contributed by atoms with Gasteiger partial charge in [0.25, 0.3) is 5.91 Å². The fourth-order valence-electron chi connectivity index (χ4n) is 4.05. The molecule has 36 heavy (non-hydrogen) atoms. The highest BCUT2D eigenvalue weighted by atomic mass is 16.5. The SMILES string of the molecule is Cc1cc2nccc(Oc3ccc4c(ccn4C(=O)CC(C)C)c3)c2cc1C(=O)NC(=O)NC(C)C. The number of pyridine rings is 1. The van der Waals surface area contributed by atoms with Gasteiger partial charge in [0, 0.05) is 41.2 Å². The van der Waals surface area contributed by atoms with Crippen molar-refractivity contribution < 1.29 is 19.1 Å². The van der Waals surface area contributed by atoms with Crippen molar-refractivity contribution in [1.29, 1.82) is 0 Å². The lowest BCUT2D eigenvalue weighted by molar-refractivity contribution is 0.0891. The van der Waals surface area contributed by atoms with Gasteiger partial charge < -0.3 is 10.1 Å². The van der Waals surface area contributed by atoms with Gasteiger partial charge in [0.1, 0.15) is 11.5 Å². The minimum Gasteiger partial charge on any atom is -0.457 e. The van der Waals surface area contributed by atoms with Crippen LogP contribution in [0.3, 0.4) is 0 Å². The highest BCUT2D eigenvalue weighted by Crippen LogP contribution is 2.32. The lowest BCUT2D eigenvalue weighted by atomic mass is 10.0. The number of urea groups is 1. The van der Waals surface area contributed by atoms with E-state index in [1.54, 1.807) is 42.1 Å². The maximum Gasteiger partial charge on any atom is 0.321 e. The first-order valence-corrected chi connectivity index (χ1v) is 12.0. The van der Waals surface area contributed by atoms with Gasteiger partial charge in [-0.15, -0.1) is 0 Å². The first-order valence-electron chi connectivity index (χ1n) is 12.0. The third-order valence-electron chi connectivity index (χ3n) is 5.68. The van der Waals surface area contributed by atoms with Crippen LogP contribution in [0.2, 0.25) is 0 Å². The smallest absolute Gasteiger partial charge is 0.321 e. The van der Waals surface area contributed by atoms with Crippen LogP contribution in [0.1, 0.15) is 54.8 Å². The lowest BCUT2D eigenvalue weighted by Crippen LogP contribution is -2.42. The molecule has 2 N–H and O–H groups in total. The molecule has 2 heterocycles. The Kier molecular flexibility index (Phi) is 7.05. The van der Waals surface area contributed by atoms with Crippen molar-refractivity contribution in [1.82, 2.24) is 20.2 Å². The quantitative estimate of drug-likeness (QED) is 0.357. The van der Waals surface area contributed by atoms with E-state index in [4.69, 9.17) is 4.74 Å². The van der Waals surface area contributed by atoms with Crippen LogP contribution in [0.4, 0.5) is 4.79 Å². The number of imide groups is 1. The Hall–Kier alpha value is -4.20. The molecule has 0 saturated carbocycles. The van der Waals surface area contributed by atoms with Gasteiger partial charge in [-0.2, -0.15) is 0 Å². The lowest BCUT2D eigenvalue weighted by Gasteiger charge is -2.13. The van der Waals surface area contributed by atoms with Gasteiger partial charge in [-0.25, -0.2) is 4.79 Å². The van der Waals surface area contributed by atoms with E-state index in [1.807, 2.05) is 52.0 Å². The van der Waals surface area contributed by atoms with Crippen molar-refractivity contribution in [3.05, 3.63) is 66.0 Å². The molecule has 0 radical (unpaired) electrons. The van der Waals surface area contributed by atoms with E-state index in [9.17, 15) is 14.4 Å². The third-order valence-corrected chi connectivity index (χ3v) is 5.68. The minimum atomic E-state index is -0.552. The number of nitrogens with one attached hydrogen (secondary N) is 2. The van der Waals surface area contributed by atoms with Gasteiger partial charge in [0.2, 0.25) is 5.91 Å². The maximum atomic E-state index is 12.8. The van der Waals surface area contributed by atoms with Gasteiger partial charge in [-0.3, -0.25) is 24.5 Å². The van der Waals surface area contributed by atoms with Crippen LogP contribution >= 0.6 is 0 Å². The van der Waals surface area contributed by atoms with Crippen LogP contribution in [-0.2, 0) is 0 Å². The van der Waals surface area contributed by atoms with Crippen LogP contribution in [-0.4, -0.2) is 33.4 Å². The summed E-state index contributed by atoms with van der Waals surface area (Å²) in [6, 6.07) is 12.0. The molecular weight excluding hydrogens is 456 g/mol. The fraction of sp³-hybridized carbons (Fsp3) is 0.286. The number of aromatic nitrogens is 2. The molecule has 0 unspecified atom stereocenters. The molecular formula is C28H30N4O4. The van der Waals surface area contributed by atoms with Crippen LogP contribution < -0.4 is 15.4 Å². The second kappa shape index (κ2) is 10.2. The number of carbonyl (C=O) groups excluding carboxylic acids is 3. The third kappa shape index (κ3) is 5.38. The largest absolute Gasteiger partial charge is 0.457 e. The van der Waals surface area contributed by atoms with Gasteiger partial charge in [0.15, 0.2) is 0 Å². The molecule has 4 rings (SSSR count). The number of hydrogen-bond donors (Lipinski definition) is 2. The van der Waals surface area contributed by atoms with Gasteiger partial charge in [0.05, 0.1) is 11.0 Å². The number of ether oxygens (including phenoxy) is 1. The van der Waals surface area contributed by atoms with Gasteiger partial charge in [-0.05, 0) is 74.7 Å². The van der Waals surface area contributed by atoms with Gasteiger partial charge in [-0.1, -0.05) is 13.8 Å². The van der Waals surface area contributed by atoms with E-state index in [1.165, 1.54) is 0 Å². The monoisotopic (exact) mass is 486 g/mol. The summed E-state index contributed by atoms with van der Waals surface area (Å²) in [5.74, 6) is 0.938. The highest BCUT2D eigenvalue weighted by molar-refractivity contribution is 6.07.